The fourth-order valence-electron chi connectivity index (χ4n) is 3.70. The highest BCUT2D eigenvalue weighted by molar-refractivity contribution is 5.02. The van der Waals surface area contributed by atoms with E-state index in [4.69, 9.17) is 0 Å². The quantitative estimate of drug-likeness (QED) is 0.733. The number of hydrogen-bond acceptors (Lipinski definition) is 2. The van der Waals surface area contributed by atoms with Crippen molar-refractivity contribution in [2.24, 2.45) is 11.8 Å². The molecule has 2 heteroatoms. The fourth-order valence-corrected chi connectivity index (χ4v) is 3.70. The van der Waals surface area contributed by atoms with Gasteiger partial charge in [-0.2, -0.15) is 0 Å². The topological polar surface area (TPSA) is 6.48 Å². The zero-order valence-electron chi connectivity index (χ0n) is 14.6. The van der Waals surface area contributed by atoms with Crippen molar-refractivity contribution < 1.29 is 0 Å². The van der Waals surface area contributed by atoms with Gasteiger partial charge < -0.3 is 9.80 Å². The minimum atomic E-state index is 0.524. The summed E-state index contributed by atoms with van der Waals surface area (Å²) in [5.74, 6) is 8.08. The lowest BCUT2D eigenvalue weighted by Crippen LogP contribution is -2.49. The lowest BCUT2D eigenvalue weighted by Gasteiger charge is -2.42. The molecule has 2 aliphatic rings. The molecule has 0 aliphatic carbocycles. The van der Waals surface area contributed by atoms with E-state index in [0.717, 1.165) is 24.4 Å². The monoisotopic (exact) mass is 290 g/mol. The molecule has 0 amide bonds. The summed E-state index contributed by atoms with van der Waals surface area (Å²) in [5, 5.41) is 0. The Morgan fingerprint density at radius 2 is 1.52 bits per heavy atom. The third-order valence-corrected chi connectivity index (χ3v) is 5.18. The van der Waals surface area contributed by atoms with Gasteiger partial charge in [0.15, 0.2) is 0 Å². The second-order valence-corrected chi connectivity index (χ2v) is 7.52. The van der Waals surface area contributed by atoms with E-state index < -0.39 is 0 Å². The van der Waals surface area contributed by atoms with E-state index >= 15 is 0 Å². The molecular weight excluding hydrogens is 256 g/mol. The van der Waals surface area contributed by atoms with Crippen LogP contribution in [0.4, 0.5) is 0 Å². The normalized spacial score (nSPS) is 23.5. The Morgan fingerprint density at radius 3 is 2.05 bits per heavy atom. The van der Waals surface area contributed by atoms with Crippen LogP contribution in [0.15, 0.2) is 0 Å². The molecule has 0 spiro atoms. The minimum Gasteiger partial charge on any atom is -0.301 e. The second kappa shape index (κ2) is 8.20. The summed E-state index contributed by atoms with van der Waals surface area (Å²) in [7, 11) is 0. The molecule has 2 saturated heterocycles. The molecule has 120 valence electrons. The number of likely N-dealkylation sites (tertiary alicyclic amines) is 2. The maximum absolute atomic E-state index is 3.39. The van der Waals surface area contributed by atoms with Gasteiger partial charge in [0.25, 0.3) is 0 Å². The van der Waals surface area contributed by atoms with Gasteiger partial charge in [-0.3, -0.25) is 0 Å². The number of rotatable bonds is 3. The maximum Gasteiger partial charge on any atom is 0.0146 e. The number of piperidine rings is 2. The Kier molecular flexibility index (Phi) is 6.58. The fraction of sp³-hybridized carbons (Fsp3) is 0.895. The van der Waals surface area contributed by atoms with Crippen molar-refractivity contribution in [1.29, 1.82) is 0 Å². The second-order valence-electron chi connectivity index (χ2n) is 7.52. The van der Waals surface area contributed by atoms with Crippen LogP contribution in [-0.2, 0) is 0 Å². The van der Waals surface area contributed by atoms with Crippen LogP contribution in [0.2, 0.25) is 0 Å². The van der Waals surface area contributed by atoms with Gasteiger partial charge in [-0.1, -0.05) is 13.8 Å². The Labute approximate surface area is 132 Å². The zero-order chi connectivity index (χ0) is 15.2. The van der Waals surface area contributed by atoms with Crippen LogP contribution in [0.3, 0.4) is 0 Å². The number of nitrogens with zero attached hydrogens (tertiary/aromatic N) is 2. The van der Waals surface area contributed by atoms with Gasteiger partial charge in [0.05, 0.1) is 0 Å². The van der Waals surface area contributed by atoms with E-state index in [1.807, 2.05) is 0 Å². The molecule has 0 N–H and O–H groups in total. The zero-order valence-corrected chi connectivity index (χ0v) is 14.6. The lowest BCUT2D eigenvalue weighted by atomic mass is 9.91. The smallest absolute Gasteiger partial charge is 0.0146 e. The predicted octanol–water partition coefficient (Wildman–Crippen LogP) is 3.62. The Bertz CT molecular complexity index is 347. The molecule has 2 rings (SSSR count). The van der Waals surface area contributed by atoms with Crippen molar-refractivity contribution >= 4 is 0 Å². The number of hydrogen-bond donors (Lipinski definition) is 0. The van der Waals surface area contributed by atoms with Crippen molar-refractivity contribution in [3.05, 3.63) is 0 Å². The van der Waals surface area contributed by atoms with Gasteiger partial charge in [-0.25, -0.2) is 0 Å². The van der Waals surface area contributed by atoms with Crippen LogP contribution >= 0.6 is 0 Å². The first-order valence-electron chi connectivity index (χ1n) is 9.02. The van der Waals surface area contributed by atoms with Crippen LogP contribution in [-0.4, -0.2) is 48.1 Å². The van der Waals surface area contributed by atoms with E-state index in [2.05, 4.69) is 49.3 Å². The summed E-state index contributed by atoms with van der Waals surface area (Å²) in [6.07, 6.45) is 6.58. The Balaban J connectivity index is 1.69. The van der Waals surface area contributed by atoms with Gasteiger partial charge in [-0.05, 0) is 71.6 Å². The van der Waals surface area contributed by atoms with Crippen LogP contribution in [0, 0.1) is 23.7 Å². The standard InChI is InChI=1S/C19H34N2/c1-16(2)6-5-7-18-8-12-21(13-9-18)19-10-14-20(15-11-19)17(3)4/h16-19H,7-15H2,1-4H3. The molecule has 0 bridgehead atoms. The average molecular weight is 290 g/mol. The van der Waals surface area contributed by atoms with Crippen molar-refractivity contribution in [1.82, 2.24) is 9.80 Å². The highest BCUT2D eigenvalue weighted by Crippen LogP contribution is 2.25. The van der Waals surface area contributed by atoms with Crippen molar-refractivity contribution in [3.63, 3.8) is 0 Å². The van der Waals surface area contributed by atoms with E-state index in [1.54, 1.807) is 0 Å². The van der Waals surface area contributed by atoms with Crippen LogP contribution < -0.4 is 0 Å². The molecule has 2 nitrogen and oxygen atoms in total. The average Bonchev–Trinajstić information content (AvgIpc) is 2.48. The SMILES string of the molecule is CC(C)C#CCC1CCN(C2CCN(C(C)C)CC2)CC1. The third kappa shape index (κ3) is 5.31. The summed E-state index contributed by atoms with van der Waals surface area (Å²) in [4.78, 5) is 5.40. The van der Waals surface area contributed by atoms with Crippen molar-refractivity contribution in [2.45, 2.75) is 71.9 Å². The molecular formula is C19H34N2. The molecule has 0 saturated carbocycles. The minimum absolute atomic E-state index is 0.524. The summed E-state index contributed by atoms with van der Waals surface area (Å²) in [5.41, 5.74) is 0. The summed E-state index contributed by atoms with van der Waals surface area (Å²) in [6, 6.07) is 1.57. The Hall–Kier alpha value is -0.520. The molecule has 21 heavy (non-hydrogen) atoms. The summed E-state index contributed by atoms with van der Waals surface area (Å²) in [6.45, 7) is 14.2. The molecule has 0 atom stereocenters. The molecule has 0 aromatic rings. The van der Waals surface area contributed by atoms with E-state index in [9.17, 15) is 0 Å². The lowest BCUT2D eigenvalue weighted by molar-refractivity contribution is 0.0679. The van der Waals surface area contributed by atoms with Crippen molar-refractivity contribution in [3.8, 4) is 11.8 Å². The molecule has 2 heterocycles. The largest absolute Gasteiger partial charge is 0.301 e. The van der Waals surface area contributed by atoms with E-state index in [-0.39, 0.29) is 0 Å². The summed E-state index contributed by atoms with van der Waals surface area (Å²) < 4.78 is 0. The van der Waals surface area contributed by atoms with Gasteiger partial charge >= 0.3 is 0 Å². The first kappa shape index (κ1) is 16.8. The molecule has 0 unspecified atom stereocenters. The molecule has 0 radical (unpaired) electrons. The predicted molar refractivity (Wildman–Crippen MR) is 91.3 cm³/mol. The van der Waals surface area contributed by atoms with E-state index in [0.29, 0.717) is 5.92 Å². The third-order valence-electron chi connectivity index (χ3n) is 5.18. The van der Waals surface area contributed by atoms with Crippen LogP contribution in [0.5, 0.6) is 0 Å². The maximum atomic E-state index is 3.39. The van der Waals surface area contributed by atoms with E-state index in [1.165, 1.54) is 51.9 Å². The van der Waals surface area contributed by atoms with Crippen LogP contribution in [0.25, 0.3) is 0 Å². The first-order chi connectivity index (χ1) is 10.1. The Morgan fingerprint density at radius 1 is 0.905 bits per heavy atom. The summed E-state index contributed by atoms with van der Waals surface area (Å²) >= 11 is 0. The van der Waals surface area contributed by atoms with Crippen molar-refractivity contribution in [2.75, 3.05) is 26.2 Å². The highest BCUT2D eigenvalue weighted by atomic mass is 15.2. The molecule has 2 aliphatic heterocycles. The van der Waals surface area contributed by atoms with Gasteiger partial charge in [0.1, 0.15) is 0 Å². The highest BCUT2D eigenvalue weighted by Gasteiger charge is 2.28. The van der Waals surface area contributed by atoms with Gasteiger partial charge in [0.2, 0.25) is 0 Å². The molecule has 2 fully saturated rings. The molecule has 0 aromatic heterocycles. The first-order valence-corrected chi connectivity index (χ1v) is 9.02. The van der Waals surface area contributed by atoms with Gasteiger partial charge in [-0.15, -0.1) is 11.8 Å². The van der Waals surface area contributed by atoms with Crippen LogP contribution in [0.1, 0.15) is 59.8 Å². The molecule has 0 aromatic carbocycles. The van der Waals surface area contributed by atoms with Gasteiger partial charge in [0, 0.05) is 24.4 Å².